The summed E-state index contributed by atoms with van der Waals surface area (Å²) in [6.45, 7) is 10.6. The molecular weight excluding hydrogens is 458 g/mol. The van der Waals surface area contributed by atoms with Gasteiger partial charge in [-0.15, -0.1) is 0 Å². The molecule has 0 atom stereocenters. The number of hydrogen-bond donors (Lipinski definition) is 0. The van der Waals surface area contributed by atoms with Gasteiger partial charge in [-0.1, -0.05) is 42.8 Å². The van der Waals surface area contributed by atoms with Gasteiger partial charge in [-0.3, -0.25) is 4.90 Å². The Bertz CT molecular complexity index is 1210. The summed E-state index contributed by atoms with van der Waals surface area (Å²) in [5.41, 5.74) is 8.69. The molecule has 0 radical (unpaired) electrons. The standard InChI is InChI=1S/C33H41NO3/c1-6-27(23-26-9-15-31(35-4)24(2)21-26)33(29-12-16-32(36-5)25(3)22-29)28-10-13-30(14-11-28)37-20-19-34-17-7-8-18-34/h9-16,21-22H,6-8,17-20,23H2,1-5H3. The number of hydrogen-bond acceptors (Lipinski definition) is 4. The average Bonchev–Trinajstić information content (AvgIpc) is 3.43. The molecule has 1 heterocycles. The topological polar surface area (TPSA) is 30.9 Å². The van der Waals surface area contributed by atoms with Gasteiger partial charge in [0.15, 0.2) is 0 Å². The van der Waals surface area contributed by atoms with E-state index < -0.39 is 0 Å². The number of aryl methyl sites for hydroxylation is 2. The number of methoxy groups -OCH3 is 2. The minimum absolute atomic E-state index is 0.733. The second-order valence-electron chi connectivity index (χ2n) is 9.92. The predicted molar refractivity (Wildman–Crippen MR) is 153 cm³/mol. The average molecular weight is 500 g/mol. The van der Waals surface area contributed by atoms with Gasteiger partial charge in [0.25, 0.3) is 0 Å². The lowest BCUT2D eigenvalue weighted by Gasteiger charge is -2.19. The Morgan fingerprint density at radius 3 is 2.00 bits per heavy atom. The van der Waals surface area contributed by atoms with Crippen LogP contribution in [0.25, 0.3) is 5.57 Å². The van der Waals surface area contributed by atoms with E-state index in [-0.39, 0.29) is 0 Å². The van der Waals surface area contributed by atoms with Gasteiger partial charge < -0.3 is 14.2 Å². The van der Waals surface area contributed by atoms with Crippen LogP contribution in [0.3, 0.4) is 0 Å². The highest BCUT2D eigenvalue weighted by Crippen LogP contribution is 2.34. The van der Waals surface area contributed by atoms with Crippen molar-refractivity contribution in [3.63, 3.8) is 0 Å². The van der Waals surface area contributed by atoms with Crippen LogP contribution >= 0.6 is 0 Å². The van der Waals surface area contributed by atoms with Gasteiger partial charge in [0.1, 0.15) is 23.9 Å². The first kappa shape index (κ1) is 26.8. The third-order valence-corrected chi connectivity index (χ3v) is 7.36. The SMILES string of the molecule is CCC(Cc1ccc(OC)c(C)c1)=C(c1ccc(OCCN2CCCC2)cc1)c1ccc(OC)c(C)c1. The molecule has 0 unspecified atom stereocenters. The summed E-state index contributed by atoms with van der Waals surface area (Å²) in [4.78, 5) is 2.48. The van der Waals surface area contributed by atoms with Crippen molar-refractivity contribution in [3.05, 3.63) is 94.1 Å². The molecule has 0 saturated carbocycles. The molecular formula is C33H41NO3. The Balaban J connectivity index is 1.65. The fourth-order valence-corrected chi connectivity index (χ4v) is 5.31. The highest BCUT2D eigenvalue weighted by Gasteiger charge is 2.15. The van der Waals surface area contributed by atoms with Crippen molar-refractivity contribution < 1.29 is 14.2 Å². The van der Waals surface area contributed by atoms with Crippen molar-refractivity contribution >= 4 is 5.57 Å². The maximum absolute atomic E-state index is 6.09. The molecule has 4 heteroatoms. The molecule has 4 nitrogen and oxygen atoms in total. The summed E-state index contributed by atoms with van der Waals surface area (Å²) in [6.07, 6.45) is 4.46. The van der Waals surface area contributed by atoms with Crippen LogP contribution in [-0.2, 0) is 6.42 Å². The van der Waals surface area contributed by atoms with Gasteiger partial charge in [-0.25, -0.2) is 0 Å². The monoisotopic (exact) mass is 499 g/mol. The highest BCUT2D eigenvalue weighted by molar-refractivity contribution is 5.83. The maximum atomic E-state index is 6.09. The summed E-state index contributed by atoms with van der Waals surface area (Å²) < 4.78 is 17.1. The van der Waals surface area contributed by atoms with Crippen LogP contribution < -0.4 is 14.2 Å². The Hall–Kier alpha value is -3.24. The highest BCUT2D eigenvalue weighted by atomic mass is 16.5. The minimum Gasteiger partial charge on any atom is -0.496 e. The molecule has 37 heavy (non-hydrogen) atoms. The fourth-order valence-electron chi connectivity index (χ4n) is 5.31. The summed E-state index contributed by atoms with van der Waals surface area (Å²) in [6, 6.07) is 21.6. The van der Waals surface area contributed by atoms with Crippen LogP contribution in [0.2, 0.25) is 0 Å². The van der Waals surface area contributed by atoms with E-state index in [0.717, 1.165) is 54.4 Å². The summed E-state index contributed by atoms with van der Waals surface area (Å²) in [5.74, 6) is 2.77. The number of benzene rings is 3. The molecule has 4 rings (SSSR count). The first-order valence-corrected chi connectivity index (χ1v) is 13.5. The first-order valence-electron chi connectivity index (χ1n) is 13.5. The van der Waals surface area contributed by atoms with Gasteiger partial charge in [0, 0.05) is 6.54 Å². The molecule has 0 spiro atoms. The van der Waals surface area contributed by atoms with Crippen molar-refractivity contribution in [2.45, 2.75) is 46.5 Å². The number of rotatable bonds is 11. The van der Waals surface area contributed by atoms with Crippen molar-refractivity contribution in [1.82, 2.24) is 4.90 Å². The van der Waals surface area contributed by atoms with Crippen LogP contribution in [0, 0.1) is 13.8 Å². The zero-order valence-corrected chi connectivity index (χ0v) is 23.1. The number of likely N-dealkylation sites (tertiary alicyclic amines) is 1. The van der Waals surface area contributed by atoms with E-state index in [2.05, 4.69) is 86.3 Å². The lowest BCUT2D eigenvalue weighted by molar-refractivity contribution is 0.238. The van der Waals surface area contributed by atoms with E-state index in [1.54, 1.807) is 14.2 Å². The van der Waals surface area contributed by atoms with Crippen molar-refractivity contribution in [2.24, 2.45) is 0 Å². The predicted octanol–water partition coefficient (Wildman–Crippen LogP) is 7.25. The van der Waals surface area contributed by atoms with Crippen LogP contribution in [-0.4, -0.2) is 45.4 Å². The molecule has 1 aliphatic heterocycles. The normalized spacial score (nSPS) is 14.4. The smallest absolute Gasteiger partial charge is 0.121 e. The van der Waals surface area contributed by atoms with E-state index in [1.807, 2.05) is 0 Å². The zero-order chi connectivity index (χ0) is 26.2. The Labute approximate surface area is 222 Å². The Morgan fingerprint density at radius 2 is 1.41 bits per heavy atom. The van der Waals surface area contributed by atoms with E-state index in [4.69, 9.17) is 14.2 Å². The van der Waals surface area contributed by atoms with Gasteiger partial charge in [0.2, 0.25) is 0 Å². The molecule has 0 aromatic heterocycles. The molecule has 0 amide bonds. The molecule has 0 N–H and O–H groups in total. The molecule has 0 aliphatic carbocycles. The van der Waals surface area contributed by atoms with E-state index in [0.29, 0.717) is 0 Å². The van der Waals surface area contributed by atoms with Crippen molar-refractivity contribution in [2.75, 3.05) is 40.5 Å². The Morgan fingerprint density at radius 1 is 0.784 bits per heavy atom. The number of nitrogens with zero attached hydrogens (tertiary/aromatic N) is 1. The molecule has 1 saturated heterocycles. The largest absolute Gasteiger partial charge is 0.496 e. The fraction of sp³-hybridized carbons (Fsp3) is 0.394. The lowest BCUT2D eigenvalue weighted by Crippen LogP contribution is -2.25. The zero-order valence-electron chi connectivity index (χ0n) is 23.1. The quantitative estimate of drug-likeness (QED) is 0.278. The number of ether oxygens (including phenoxy) is 3. The molecule has 1 aliphatic rings. The van der Waals surface area contributed by atoms with Crippen molar-refractivity contribution in [1.29, 1.82) is 0 Å². The first-order chi connectivity index (χ1) is 18.0. The van der Waals surface area contributed by atoms with Gasteiger partial charge >= 0.3 is 0 Å². The molecule has 3 aromatic carbocycles. The second-order valence-corrected chi connectivity index (χ2v) is 9.92. The molecule has 1 fully saturated rings. The second kappa shape index (κ2) is 12.8. The minimum atomic E-state index is 0.733. The van der Waals surface area contributed by atoms with Gasteiger partial charge in [-0.2, -0.15) is 0 Å². The third-order valence-electron chi connectivity index (χ3n) is 7.36. The third kappa shape index (κ3) is 6.75. The maximum Gasteiger partial charge on any atom is 0.121 e. The summed E-state index contributed by atoms with van der Waals surface area (Å²) >= 11 is 0. The van der Waals surface area contributed by atoms with Gasteiger partial charge in [-0.05, 0) is 116 Å². The van der Waals surface area contributed by atoms with E-state index in [9.17, 15) is 0 Å². The van der Waals surface area contributed by atoms with Crippen LogP contribution in [0.15, 0.2) is 66.2 Å². The van der Waals surface area contributed by atoms with E-state index in [1.165, 1.54) is 53.8 Å². The Kier molecular flexibility index (Phi) is 9.29. The summed E-state index contributed by atoms with van der Waals surface area (Å²) in [5, 5.41) is 0. The van der Waals surface area contributed by atoms with Crippen LogP contribution in [0.4, 0.5) is 0 Å². The van der Waals surface area contributed by atoms with Crippen molar-refractivity contribution in [3.8, 4) is 17.2 Å². The number of allylic oxidation sites excluding steroid dienone is 1. The molecule has 0 bridgehead atoms. The molecule has 196 valence electrons. The van der Waals surface area contributed by atoms with Gasteiger partial charge in [0.05, 0.1) is 14.2 Å². The lowest BCUT2D eigenvalue weighted by atomic mass is 9.87. The molecule has 3 aromatic rings. The van der Waals surface area contributed by atoms with Crippen LogP contribution in [0.1, 0.15) is 54.0 Å². The van der Waals surface area contributed by atoms with Crippen LogP contribution in [0.5, 0.6) is 17.2 Å². The van der Waals surface area contributed by atoms with E-state index >= 15 is 0 Å². The summed E-state index contributed by atoms with van der Waals surface area (Å²) in [7, 11) is 3.45.